The zero-order valence-corrected chi connectivity index (χ0v) is 25.4. The number of halogens is 2. The molecule has 0 spiro atoms. The highest BCUT2D eigenvalue weighted by molar-refractivity contribution is 6.06. The first-order valence-corrected chi connectivity index (χ1v) is 14.6. The number of hydrogen-bond donors (Lipinski definition) is 1. The molecule has 3 heterocycles. The number of pyridine rings is 2. The van der Waals surface area contributed by atoms with Gasteiger partial charge in [-0.05, 0) is 55.5 Å². The Morgan fingerprint density at radius 3 is 2.45 bits per heavy atom. The smallest absolute Gasteiger partial charge is 0.271 e. The van der Waals surface area contributed by atoms with Gasteiger partial charge in [0.05, 0.1) is 24.1 Å². The summed E-state index contributed by atoms with van der Waals surface area (Å²) >= 11 is 0. The summed E-state index contributed by atoms with van der Waals surface area (Å²) in [5, 5.41) is 3.02. The highest BCUT2D eigenvalue weighted by Crippen LogP contribution is 2.48. The number of aromatic nitrogens is 2. The van der Waals surface area contributed by atoms with Gasteiger partial charge in [-0.2, -0.15) is 0 Å². The van der Waals surface area contributed by atoms with Crippen molar-refractivity contribution in [1.29, 1.82) is 0 Å². The van der Waals surface area contributed by atoms with Gasteiger partial charge in [-0.15, -0.1) is 0 Å². The molecule has 47 heavy (non-hydrogen) atoms. The average molecular weight is 646 g/mol. The summed E-state index contributed by atoms with van der Waals surface area (Å²) in [4.78, 5) is 31.2. The van der Waals surface area contributed by atoms with E-state index >= 15 is 4.39 Å². The molecule has 0 fully saturated rings. The van der Waals surface area contributed by atoms with Crippen LogP contribution in [-0.4, -0.2) is 55.6 Å². The monoisotopic (exact) mass is 645 g/mol. The van der Waals surface area contributed by atoms with Gasteiger partial charge in [0, 0.05) is 43.0 Å². The maximum Gasteiger partial charge on any atom is 0.271 e. The third-order valence-electron chi connectivity index (χ3n) is 7.08. The van der Waals surface area contributed by atoms with Gasteiger partial charge in [-0.3, -0.25) is 19.1 Å². The number of rotatable bonds is 11. The summed E-state index contributed by atoms with van der Waals surface area (Å²) in [6.07, 6.45) is 2.93. The third-order valence-corrected chi connectivity index (χ3v) is 7.08. The SMILES string of the molecule is CCOc1ccn(-c2ccc(F)cc2)c(=O)c1C(=O)Nc1ccc(Oc2ccnc3cc(OCCOC)c4c(c23)OCCO4)c(F)c1. The van der Waals surface area contributed by atoms with Gasteiger partial charge < -0.3 is 33.7 Å². The minimum absolute atomic E-state index is 0.0418. The molecule has 5 aromatic rings. The number of carbonyl (C=O) groups excluding carboxylic acids is 1. The topological polar surface area (TPSA) is 119 Å². The van der Waals surface area contributed by atoms with Crippen molar-refractivity contribution in [3.63, 3.8) is 0 Å². The van der Waals surface area contributed by atoms with Crippen LogP contribution in [0.3, 0.4) is 0 Å². The summed E-state index contributed by atoms with van der Waals surface area (Å²) in [7, 11) is 1.57. The van der Waals surface area contributed by atoms with Crippen LogP contribution in [0.1, 0.15) is 17.3 Å². The number of fused-ring (bicyclic) bond motifs is 3. The highest BCUT2D eigenvalue weighted by Gasteiger charge is 2.25. The lowest BCUT2D eigenvalue weighted by molar-refractivity contribution is 0.102. The molecule has 0 radical (unpaired) electrons. The number of amides is 1. The largest absolute Gasteiger partial charge is 0.493 e. The lowest BCUT2D eigenvalue weighted by Crippen LogP contribution is -2.29. The normalized spacial score (nSPS) is 12.1. The van der Waals surface area contributed by atoms with Crippen molar-refractivity contribution in [2.24, 2.45) is 0 Å². The standard InChI is InChI=1S/C34H29F2N3O8/c1-3-43-26-11-13-39(22-7-4-20(35)5-8-22)34(41)30(26)33(40)38-21-6-9-25(23(36)18-21)47-27-10-12-37-24-19-28(44-15-14-42-2)31-32(29(24)27)46-17-16-45-31/h4-13,18-19H,3,14-17H2,1-2H3,(H,38,40). The average Bonchev–Trinajstić information content (AvgIpc) is 3.07. The summed E-state index contributed by atoms with van der Waals surface area (Å²) < 4.78 is 64.3. The molecule has 0 bridgehead atoms. The molecule has 1 amide bonds. The molecule has 3 aromatic carbocycles. The van der Waals surface area contributed by atoms with Crippen LogP contribution in [0.4, 0.5) is 14.5 Å². The first-order valence-electron chi connectivity index (χ1n) is 14.6. The van der Waals surface area contributed by atoms with E-state index < -0.39 is 23.1 Å². The van der Waals surface area contributed by atoms with Gasteiger partial charge in [0.15, 0.2) is 23.1 Å². The van der Waals surface area contributed by atoms with Crippen LogP contribution in [-0.2, 0) is 4.74 Å². The Balaban J connectivity index is 1.28. The first-order chi connectivity index (χ1) is 22.9. The molecule has 0 atom stereocenters. The summed E-state index contributed by atoms with van der Waals surface area (Å²) in [5.74, 6) is -0.782. The lowest BCUT2D eigenvalue weighted by atomic mass is 10.1. The Hall–Kier alpha value is -5.69. The van der Waals surface area contributed by atoms with E-state index in [4.69, 9.17) is 28.4 Å². The second-order valence-corrected chi connectivity index (χ2v) is 10.1. The number of nitrogens with one attached hydrogen (secondary N) is 1. The van der Waals surface area contributed by atoms with Crippen molar-refractivity contribution in [3.8, 4) is 40.2 Å². The highest BCUT2D eigenvalue weighted by atomic mass is 19.1. The molecule has 242 valence electrons. The minimum atomic E-state index is -0.824. The molecule has 2 aromatic heterocycles. The quantitative estimate of drug-likeness (QED) is 0.175. The molecule has 1 N–H and O–H groups in total. The molecular formula is C34H29F2N3O8. The molecule has 11 nitrogen and oxygen atoms in total. The molecule has 13 heteroatoms. The zero-order valence-electron chi connectivity index (χ0n) is 25.4. The van der Waals surface area contributed by atoms with Crippen LogP contribution in [0.5, 0.6) is 34.5 Å². The van der Waals surface area contributed by atoms with E-state index in [-0.39, 0.29) is 48.3 Å². The van der Waals surface area contributed by atoms with Crippen molar-refractivity contribution >= 4 is 22.5 Å². The Morgan fingerprint density at radius 1 is 0.915 bits per heavy atom. The van der Waals surface area contributed by atoms with Gasteiger partial charge in [0.1, 0.15) is 42.7 Å². The molecule has 0 saturated heterocycles. The van der Waals surface area contributed by atoms with Crippen molar-refractivity contribution in [2.75, 3.05) is 45.5 Å². The van der Waals surface area contributed by atoms with Crippen LogP contribution in [0.2, 0.25) is 0 Å². The fraction of sp³-hybridized carbons (Fsp3) is 0.206. The van der Waals surface area contributed by atoms with Crippen molar-refractivity contribution in [1.82, 2.24) is 9.55 Å². The van der Waals surface area contributed by atoms with E-state index in [0.29, 0.717) is 47.1 Å². The third kappa shape index (κ3) is 6.51. The number of benzene rings is 3. The van der Waals surface area contributed by atoms with Crippen LogP contribution >= 0.6 is 0 Å². The van der Waals surface area contributed by atoms with Gasteiger partial charge in [0.25, 0.3) is 11.5 Å². The molecule has 6 rings (SSSR count). The van der Waals surface area contributed by atoms with Crippen molar-refractivity contribution in [3.05, 3.63) is 101 Å². The van der Waals surface area contributed by atoms with E-state index in [2.05, 4.69) is 10.3 Å². The number of carbonyl (C=O) groups is 1. The van der Waals surface area contributed by atoms with E-state index in [0.717, 1.165) is 6.07 Å². The number of nitrogens with zero attached hydrogens (tertiary/aromatic N) is 2. The number of hydrogen-bond acceptors (Lipinski definition) is 9. The van der Waals surface area contributed by atoms with Gasteiger partial charge >= 0.3 is 0 Å². The molecule has 0 aliphatic carbocycles. The Labute approximate surface area is 267 Å². The minimum Gasteiger partial charge on any atom is -0.493 e. The maximum atomic E-state index is 15.5. The van der Waals surface area contributed by atoms with E-state index in [1.54, 1.807) is 26.2 Å². The Bertz CT molecular complexity index is 2000. The predicted molar refractivity (Wildman–Crippen MR) is 168 cm³/mol. The maximum absolute atomic E-state index is 15.5. The summed E-state index contributed by atoms with van der Waals surface area (Å²) in [5.41, 5.74) is -0.127. The van der Waals surface area contributed by atoms with Crippen LogP contribution in [0.15, 0.2) is 77.9 Å². The van der Waals surface area contributed by atoms with Crippen molar-refractivity contribution < 1.29 is 42.0 Å². The fourth-order valence-electron chi connectivity index (χ4n) is 4.98. The number of methoxy groups -OCH3 is 1. The molecule has 0 saturated carbocycles. The van der Waals surface area contributed by atoms with Crippen molar-refractivity contribution in [2.45, 2.75) is 6.92 Å². The van der Waals surface area contributed by atoms with Crippen LogP contribution in [0.25, 0.3) is 16.6 Å². The van der Waals surface area contributed by atoms with Crippen LogP contribution in [0, 0.1) is 11.6 Å². The molecule has 1 aliphatic heterocycles. The van der Waals surface area contributed by atoms with E-state index in [1.165, 1.54) is 59.4 Å². The van der Waals surface area contributed by atoms with Gasteiger partial charge in [-0.25, -0.2) is 8.78 Å². The molecule has 0 unspecified atom stereocenters. The van der Waals surface area contributed by atoms with Gasteiger partial charge in [0.2, 0.25) is 5.75 Å². The van der Waals surface area contributed by atoms with E-state index in [1.807, 2.05) is 0 Å². The van der Waals surface area contributed by atoms with Crippen LogP contribution < -0.4 is 34.6 Å². The lowest BCUT2D eigenvalue weighted by Gasteiger charge is -2.23. The first kappa shape index (κ1) is 31.3. The Kier molecular flexibility index (Phi) is 9.16. The second-order valence-electron chi connectivity index (χ2n) is 10.1. The Morgan fingerprint density at radius 2 is 1.70 bits per heavy atom. The molecule has 1 aliphatic rings. The zero-order chi connectivity index (χ0) is 32.9. The summed E-state index contributed by atoms with van der Waals surface area (Å²) in [6, 6.07) is 13.8. The second kappa shape index (κ2) is 13.7. The predicted octanol–water partition coefficient (Wildman–Crippen LogP) is 5.90. The van der Waals surface area contributed by atoms with E-state index in [9.17, 15) is 14.0 Å². The number of anilines is 1. The fourth-order valence-corrected chi connectivity index (χ4v) is 4.98. The summed E-state index contributed by atoms with van der Waals surface area (Å²) in [6.45, 7) is 3.14. The molecular weight excluding hydrogens is 616 g/mol. The number of ether oxygens (including phenoxy) is 6. The van der Waals surface area contributed by atoms with Gasteiger partial charge in [-0.1, -0.05) is 0 Å².